The molecule has 1 aromatic carbocycles. The molecule has 0 amide bonds. The monoisotopic (exact) mass is 517 g/mol. The van der Waals surface area contributed by atoms with Gasteiger partial charge in [0.25, 0.3) is 5.56 Å². The lowest BCUT2D eigenvalue weighted by Crippen LogP contribution is -2.51. The minimum Gasteiger partial charge on any atom is -0.345 e. The van der Waals surface area contributed by atoms with Gasteiger partial charge in [0.1, 0.15) is 0 Å². The largest absolute Gasteiger partial charge is 0.345 e. The summed E-state index contributed by atoms with van der Waals surface area (Å²) in [5.74, 6) is 2.07. The summed E-state index contributed by atoms with van der Waals surface area (Å²) in [6.45, 7) is 8.75. The van der Waals surface area contributed by atoms with Gasteiger partial charge in [-0.3, -0.25) is 4.79 Å². The minimum absolute atomic E-state index is 0.0839. The van der Waals surface area contributed by atoms with Crippen LogP contribution in [0.25, 0.3) is 11.0 Å². The summed E-state index contributed by atoms with van der Waals surface area (Å²) in [6, 6.07) is 8.42. The van der Waals surface area contributed by atoms with Crippen molar-refractivity contribution in [2.24, 2.45) is 11.8 Å². The van der Waals surface area contributed by atoms with Crippen LogP contribution >= 0.6 is 8.38 Å². The van der Waals surface area contributed by atoms with E-state index in [1.54, 1.807) is 4.57 Å². The molecule has 5 rings (SSSR count). The van der Waals surface area contributed by atoms with E-state index in [0.29, 0.717) is 17.6 Å². The van der Waals surface area contributed by atoms with E-state index in [2.05, 4.69) is 24.1 Å². The van der Waals surface area contributed by atoms with Gasteiger partial charge in [-0.1, -0.05) is 91.2 Å². The number of nitrogens with zero attached hydrogens (tertiary/aromatic N) is 2. The third-order valence-corrected chi connectivity index (χ3v) is 8.89. The van der Waals surface area contributed by atoms with Crippen molar-refractivity contribution in [1.82, 2.24) is 14.9 Å². The number of hydrogen-bond acceptors (Lipinski definition) is 5. The Labute approximate surface area is 218 Å². The lowest BCUT2D eigenvalue weighted by molar-refractivity contribution is 0.189. The Balaban J connectivity index is 0.000000235. The van der Waals surface area contributed by atoms with Gasteiger partial charge in [-0.15, -0.1) is 0 Å². The molecular weight excluding hydrogens is 469 g/mol. The number of hydrogen-bond donors (Lipinski definition) is 3. The van der Waals surface area contributed by atoms with Crippen LogP contribution in [0.4, 0.5) is 0 Å². The van der Waals surface area contributed by atoms with Crippen LogP contribution in [0.1, 0.15) is 111 Å². The van der Waals surface area contributed by atoms with E-state index in [1.807, 2.05) is 38.1 Å². The average molecular weight is 518 g/mol. The number of para-hydroxylation sites is 2. The van der Waals surface area contributed by atoms with Crippen molar-refractivity contribution in [1.29, 1.82) is 0 Å². The van der Waals surface area contributed by atoms with E-state index in [-0.39, 0.29) is 17.0 Å². The topological polar surface area (TPSA) is 87.4 Å². The number of fused-ring (bicyclic) bond motifs is 3. The molecule has 1 aliphatic carbocycles. The Kier molecular flexibility index (Phi) is 11.8. The van der Waals surface area contributed by atoms with E-state index >= 15 is 0 Å². The predicted molar refractivity (Wildman–Crippen MR) is 152 cm³/mol. The fourth-order valence-corrected chi connectivity index (χ4v) is 6.76. The summed E-state index contributed by atoms with van der Waals surface area (Å²) in [4.78, 5) is 36.2. The molecule has 3 N–H and O–H groups in total. The maximum atomic E-state index is 12.8. The molecule has 2 bridgehead atoms. The summed E-state index contributed by atoms with van der Waals surface area (Å²) in [5, 5.41) is 3.63. The zero-order valence-electron chi connectivity index (χ0n) is 22.8. The Morgan fingerprint density at radius 1 is 0.972 bits per heavy atom. The van der Waals surface area contributed by atoms with Crippen LogP contribution in [0, 0.1) is 11.8 Å². The van der Waals surface area contributed by atoms with Crippen molar-refractivity contribution in [3.63, 3.8) is 0 Å². The number of rotatable bonds is 3. The second-order valence-electron chi connectivity index (χ2n) is 10.7. The van der Waals surface area contributed by atoms with Gasteiger partial charge in [-0.05, 0) is 49.7 Å². The lowest BCUT2D eigenvalue weighted by Gasteiger charge is -2.41. The van der Waals surface area contributed by atoms with Gasteiger partial charge < -0.3 is 19.7 Å². The minimum atomic E-state index is -2.50. The van der Waals surface area contributed by atoms with Crippen LogP contribution in [0.15, 0.2) is 29.1 Å². The van der Waals surface area contributed by atoms with Crippen LogP contribution in [0.3, 0.4) is 0 Å². The summed E-state index contributed by atoms with van der Waals surface area (Å²) >= 11 is 0. The third-order valence-electron chi connectivity index (χ3n) is 8.22. The molecule has 1 aromatic heterocycles. The Morgan fingerprint density at radius 3 is 2.14 bits per heavy atom. The first kappa shape index (κ1) is 29.2. The first-order chi connectivity index (χ1) is 17.5. The molecule has 7 heteroatoms. The highest BCUT2D eigenvalue weighted by molar-refractivity contribution is 7.53. The van der Waals surface area contributed by atoms with E-state index < -0.39 is 8.38 Å². The van der Waals surface area contributed by atoms with Gasteiger partial charge in [0.2, 0.25) is 8.38 Å². The molecule has 3 fully saturated rings. The fourth-order valence-electron chi connectivity index (χ4n) is 6.29. The van der Waals surface area contributed by atoms with Crippen molar-refractivity contribution >= 4 is 24.8 Å². The molecule has 36 heavy (non-hydrogen) atoms. The molecule has 3 heterocycles. The van der Waals surface area contributed by atoms with Gasteiger partial charge in [-0.2, -0.15) is 0 Å². The number of nitrogens with one attached hydrogen (secondary N) is 1. The number of aromatic nitrogens is 2. The Morgan fingerprint density at radius 2 is 1.56 bits per heavy atom. The van der Waals surface area contributed by atoms with Gasteiger partial charge in [0.15, 0.2) is 5.44 Å². The molecule has 2 unspecified atom stereocenters. The van der Waals surface area contributed by atoms with Gasteiger partial charge in [-0.25, -0.2) is 4.98 Å². The van der Waals surface area contributed by atoms with Crippen LogP contribution in [-0.4, -0.2) is 31.4 Å². The van der Waals surface area contributed by atoms with Crippen LogP contribution < -0.4 is 16.3 Å². The van der Waals surface area contributed by atoms with E-state index in [4.69, 9.17) is 0 Å². The van der Waals surface area contributed by atoms with E-state index in [0.717, 1.165) is 43.0 Å². The molecular formula is C29H48N3O3P. The van der Waals surface area contributed by atoms with Crippen molar-refractivity contribution < 1.29 is 9.79 Å². The molecule has 1 saturated carbocycles. The van der Waals surface area contributed by atoms with Crippen molar-refractivity contribution in [2.75, 3.05) is 0 Å². The molecule has 0 spiro atoms. The molecule has 2 saturated heterocycles. The molecule has 3 aliphatic rings. The summed E-state index contributed by atoms with van der Waals surface area (Å²) < 4.78 is 1.76. The maximum Gasteiger partial charge on any atom is 0.282 e. The first-order valence-corrected chi connectivity index (χ1v) is 15.7. The normalized spacial score (nSPS) is 28.2. The van der Waals surface area contributed by atoms with Crippen LogP contribution in [-0.2, 0) is 0 Å². The Bertz CT molecular complexity index is 973. The van der Waals surface area contributed by atoms with Crippen molar-refractivity contribution in [3.8, 4) is 0 Å². The fraction of sp³-hybridized carbons (Fsp3) is 0.724. The van der Waals surface area contributed by atoms with Crippen molar-refractivity contribution in [3.05, 3.63) is 34.6 Å². The molecule has 202 valence electrons. The summed E-state index contributed by atoms with van der Waals surface area (Å²) in [5.41, 5.74) is 0.941. The van der Waals surface area contributed by atoms with Crippen molar-refractivity contribution in [2.45, 2.75) is 123 Å². The zero-order chi connectivity index (χ0) is 26.1. The maximum absolute atomic E-state index is 12.8. The lowest BCUT2D eigenvalue weighted by atomic mass is 9.84. The quantitative estimate of drug-likeness (QED) is 0.423. The van der Waals surface area contributed by atoms with E-state index in [9.17, 15) is 14.6 Å². The first-order valence-electron chi connectivity index (χ1n) is 14.4. The summed E-state index contributed by atoms with van der Waals surface area (Å²) in [7, 11) is -2.50. The zero-order valence-corrected chi connectivity index (χ0v) is 23.7. The number of piperidine rings is 2. The standard InChI is InChI=1S/C16H20N3O3P.C11H22.C2H6/c20-16-15(23(21)22)18-13-6-1-2-7-14(13)19(16)12-8-10-4-3-5-11(9-12)17-10;1-3-11-8-4-6-10(2)7-5-9-11;1-2/h1-2,6-7,10-12,17,21-22H,3-5,8-9H2;10-11H,3-9H2,1-2H3;1-2H3/t10-,11?,12?;;/m0../s1. The van der Waals surface area contributed by atoms with E-state index in [1.165, 1.54) is 51.4 Å². The highest BCUT2D eigenvalue weighted by Gasteiger charge is 2.34. The van der Waals surface area contributed by atoms with Crippen LogP contribution in [0.2, 0.25) is 0 Å². The molecule has 2 aliphatic heterocycles. The second-order valence-corrected chi connectivity index (χ2v) is 11.7. The molecule has 3 atom stereocenters. The predicted octanol–water partition coefficient (Wildman–Crippen LogP) is 6.19. The molecule has 0 radical (unpaired) electrons. The molecule has 6 nitrogen and oxygen atoms in total. The Hall–Kier alpha value is -1.33. The molecule has 2 aromatic rings. The number of benzene rings is 1. The SMILES string of the molecule is CC.CCC1CCCC(C)CCC1.O=c1c(P(O)O)nc2ccccc2n1C1CC2CCC[C@@H](C1)N2. The third kappa shape index (κ3) is 7.60. The van der Waals surface area contributed by atoms with Gasteiger partial charge in [0.05, 0.1) is 11.0 Å². The highest BCUT2D eigenvalue weighted by Crippen LogP contribution is 2.34. The smallest absolute Gasteiger partial charge is 0.282 e. The van der Waals surface area contributed by atoms with Crippen LogP contribution in [0.5, 0.6) is 0 Å². The highest BCUT2D eigenvalue weighted by atomic mass is 31.2. The average Bonchev–Trinajstić information content (AvgIpc) is 2.87. The summed E-state index contributed by atoms with van der Waals surface area (Å²) in [6.07, 6.45) is 15.7. The second kappa shape index (κ2) is 14.6. The van der Waals surface area contributed by atoms with Gasteiger partial charge >= 0.3 is 0 Å². The van der Waals surface area contributed by atoms with Gasteiger partial charge in [0, 0.05) is 18.1 Å².